The molecule has 0 N–H and O–H groups in total. The lowest BCUT2D eigenvalue weighted by Gasteiger charge is -2.18. The summed E-state index contributed by atoms with van der Waals surface area (Å²) in [5.41, 5.74) is 5.30. The smallest absolute Gasteiger partial charge is 0.134 e. The van der Waals surface area contributed by atoms with E-state index in [1.54, 1.807) is 14.0 Å². The molecule has 3 aromatic rings. The molecule has 27 heavy (non-hydrogen) atoms. The average Bonchev–Trinajstić information content (AvgIpc) is 2.66. The van der Waals surface area contributed by atoms with Gasteiger partial charge in [0.05, 0.1) is 17.8 Å². The summed E-state index contributed by atoms with van der Waals surface area (Å²) in [6.45, 7) is 4.04. The molecule has 0 bridgehead atoms. The largest absolute Gasteiger partial charge is 0.383 e. The Balaban J connectivity index is 1.95. The number of hydrogen-bond acceptors (Lipinski definition) is 4. The van der Waals surface area contributed by atoms with Gasteiger partial charge in [-0.05, 0) is 37.2 Å². The number of carbonyl (C=O) groups is 1. The summed E-state index contributed by atoms with van der Waals surface area (Å²) in [6, 6.07) is 18.6. The first-order chi connectivity index (χ1) is 13.1. The third kappa shape index (κ3) is 5.00. The number of fused-ring (bicyclic) bond motifs is 1. The number of likely N-dealkylation sites (N-methyl/N-ethyl adjacent to an activating group) is 1. The van der Waals surface area contributed by atoms with Crippen molar-refractivity contribution in [1.29, 1.82) is 0 Å². The van der Waals surface area contributed by atoms with Gasteiger partial charge in [-0.2, -0.15) is 0 Å². The van der Waals surface area contributed by atoms with Crippen LogP contribution in [0.3, 0.4) is 0 Å². The number of methoxy groups -OCH3 is 1. The van der Waals surface area contributed by atoms with E-state index in [0.717, 1.165) is 35.4 Å². The van der Waals surface area contributed by atoms with E-state index in [1.165, 1.54) is 10.9 Å². The molecule has 0 unspecified atom stereocenters. The maximum atomic E-state index is 11.3. The molecule has 2 aromatic carbocycles. The van der Waals surface area contributed by atoms with E-state index >= 15 is 0 Å². The number of hydrogen-bond donors (Lipinski definition) is 0. The van der Waals surface area contributed by atoms with Crippen molar-refractivity contribution in [3.8, 4) is 11.3 Å². The molecule has 0 spiro atoms. The number of para-hydroxylation sites is 1. The van der Waals surface area contributed by atoms with Gasteiger partial charge in [-0.3, -0.25) is 9.69 Å². The van der Waals surface area contributed by atoms with E-state index in [4.69, 9.17) is 9.72 Å². The van der Waals surface area contributed by atoms with E-state index in [1.807, 2.05) is 30.3 Å². The molecule has 1 aromatic heterocycles. The maximum Gasteiger partial charge on any atom is 0.134 e. The lowest BCUT2D eigenvalue weighted by Crippen LogP contribution is -2.22. The minimum Gasteiger partial charge on any atom is -0.383 e. The van der Waals surface area contributed by atoms with Gasteiger partial charge in [-0.1, -0.05) is 42.5 Å². The number of rotatable bonds is 8. The van der Waals surface area contributed by atoms with E-state index < -0.39 is 0 Å². The third-order valence-corrected chi connectivity index (χ3v) is 4.62. The number of aromatic nitrogens is 1. The molecule has 0 aliphatic heterocycles. The number of pyridine rings is 1. The van der Waals surface area contributed by atoms with Crippen LogP contribution in [0.4, 0.5) is 0 Å². The summed E-state index contributed by atoms with van der Waals surface area (Å²) >= 11 is 0. The van der Waals surface area contributed by atoms with Crippen LogP contribution in [0, 0.1) is 0 Å². The van der Waals surface area contributed by atoms with Crippen LogP contribution >= 0.6 is 0 Å². The van der Waals surface area contributed by atoms with Crippen molar-refractivity contribution in [3.63, 3.8) is 0 Å². The predicted molar refractivity (Wildman–Crippen MR) is 110 cm³/mol. The quantitative estimate of drug-likeness (QED) is 0.605. The molecule has 0 amide bonds. The van der Waals surface area contributed by atoms with Gasteiger partial charge < -0.3 is 4.74 Å². The molecule has 4 heteroatoms. The van der Waals surface area contributed by atoms with E-state index in [9.17, 15) is 4.79 Å². The normalized spacial score (nSPS) is 11.3. The number of ether oxygens (including phenoxy) is 1. The van der Waals surface area contributed by atoms with Crippen molar-refractivity contribution in [1.82, 2.24) is 9.88 Å². The lowest BCUT2D eigenvalue weighted by molar-refractivity contribution is -0.116. The van der Waals surface area contributed by atoms with Gasteiger partial charge in [0.15, 0.2) is 0 Å². The van der Waals surface area contributed by atoms with Crippen molar-refractivity contribution < 1.29 is 9.53 Å². The first-order valence-electron chi connectivity index (χ1n) is 9.21. The SMILES string of the molecule is COCCN(C)Cc1cc(-c2ccc(CC(C)=O)cc2)nc2ccccc12. The Morgan fingerprint density at radius 3 is 2.56 bits per heavy atom. The Morgan fingerprint density at radius 1 is 1.11 bits per heavy atom. The molecule has 0 aliphatic carbocycles. The van der Waals surface area contributed by atoms with Crippen LogP contribution in [-0.2, 0) is 22.5 Å². The van der Waals surface area contributed by atoms with Crippen LogP contribution in [0.2, 0.25) is 0 Å². The minimum atomic E-state index is 0.174. The summed E-state index contributed by atoms with van der Waals surface area (Å²) in [5.74, 6) is 0.174. The zero-order valence-corrected chi connectivity index (χ0v) is 16.2. The van der Waals surface area contributed by atoms with Crippen molar-refractivity contribution >= 4 is 16.7 Å². The van der Waals surface area contributed by atoms with Crippen molar-refractivity contribution in [2.75, 3.05) is 27.3 Å². The molecular formula is C23H26N2O2. The van der Waals surface area contributed by atoms with Crippen LogP contribution in [0.5, 0.6) is 0 Å². The van der Waals surface area contributed by atoms with Crippen molar-refractivity contribution in [2.45, 2.75) is 19.9 Å². The summed E-state index contributed by atoms with van der Waals surface area (Å²) in [4.78, 5) is 18.4. The second-order valence-electron chi connectivity index (χ2n) is 6.99. The molecule has 4 nitrogen and oxygen atoms in total. The Morgan fingerprint density at radius 2 is 1.85 bits per heavy atom. The number of nitrogens with zero attached hydrogens (tertiary/aromatic N) is 2. The topological polar surface area (TPSA) is 42.4 Å². The standard InChI is InChI=1S/C23H26N2O2/c1-17(26)14-18-8-10-19(11-9-18)23-15-20(16-25(2)12-13-27-3)21-6-4-5-7-22(21)24-23/h4-11,15H,12-14,16H2,1-3H3. The van der Waals surface area contributed by atoms with Crippen molar-refractivity contribution in [2.24, 2.45) is 0 Å². The van der Waals surface area contributed by atoms with Gasteiger partial charge in [-0.15, -0.1) is 0 Å². The fraction of sp³-hybridized carbons (Fsp3) is 0.304. The van der Waals surface area contributed by atoms with Crippen LogP contribution in [0.25, 0.3) is 22.2 Å². The molecule has 0 saturated heterocycles. The lowest BCUT2D eigenvalue weighted by atomic mass is 10.0. The number of ketones is 1. The molecule has 0 atom stereocenters. The Kier molecular flexibility index (Phi) is 6.32. The van der Waals surface area contributed by atoms with Gasteiger partial charge in [0.2, 0.25) is 0 Å². The fourth-order valence-corrected chi connectivity index (χ4v) is 3.22. The summed E-state index contributed by atoms with van der Waals surface area (Å²) in [5, 5.41) is 1.18. The second kappa shape index (κ2) is 8.89. The summed E-state index contributed by atoms with van der Waals surface area (Å²) < 4.78 is 5.19. The third-order valence-electron chi connectivity index (χ3n) is 4.62. The number of carbonyl (C=O) groups excluding carboxylic acids is 1. The van der Waals surface area contributed by atoms with Crippen LogP contribution in [-0.4, -0.2) is 43.0 Å². The highest BCUT2D eigenvalue weighted by Crippen LogP contribution is 2.26. The molecule has 0 fully saturated rings. The van der Waals surface area contributed by atoms with Crippen LogP contribution in [0.15, 0.2) is 54.6 Å². The highest BCUT2D eigenvalue weighted by molar-refractivity contribution is 5.85. The first-order valence-corrected chi connectivity index (χ1v) is 9.21. The highest BCUT2D eigenvalue weighted by atomic mass is 16.5. The fourth-order valence-electron chi connectivity index (χ4n) is 3.22. The predicted octanol–water partition coefficient (Wildman–Crippen LogP) is 4.11. The van der Waals surface area contributed by atoms with Crippen LogP contribution in [0.1, 0.15) is 18.1 Å². The van der Waals surface area contributed by atoms with Gasteiger partial charge in [0, 0.05) is 37.6 Å². The molecular weight excluding hydrogens is 336 g/mol. The summed E-state index contributed by atoms with van der Waals surface area (Å²) in [7, 11) is 3.83. The molecule has 1 heterocycles. The molecule has 0 saturated carbocycles. The zero-order chi connectivity index (χ0) is 19.2. The van der Waals surface area contributed by atoms with Gasteiger partial charge in [0.1, 0.15) is 5.78 Å². The Hall–Kier alpha value is -2.56. The maximum absolute atomic E-state index is 11.3. The van der Waals surface area contributed by atoms with Gasteiger partial charge in [0.25, 0.3) is 0 Å². The van der Waals surface area contributed by atoms with Gasteiger partial charge in [-0.25, -0.2) is 4.98 Å². The average molecular weight is 362 g/mol. The van der Waals surface area contributed by atoms with E-state index in [0.29, 0.717) is 13.0 Å². The molecule has 0 aliphatic rings. The Labute approximate surface area is 160 Å². The van der Waals surface area contributed by atoms with E-state index in [-0.39, 0.29) is 5.78 Å². The number of benzene rings is 2. The monoisotopic (exact) mass is 362 g/mol. The number of Topliss-reactive ketones (excluding diaryl/α,β-unsaturated/α-hetero) is 1. The molecule has 3 rings (SSSR count). The molecule has 140 valence electrons. The second-order valence-corrected chi connectivity index (χ2v) is 6.99. The highest BCUT2D eigenvalue weighted by Gasteiger charge is 2.10. The Bertz CT molecular complexity index is 919. The van der Waals surface area contributed by atoms with Crippen LogP contribution < -0.4 is 0 Å². The minimum absolute atomic E-state index is 0.174. The van der Waals surface area contributed by atoms with Crippen molar-refractivity contribution in [3.05, 3.63) is 65.7 Å². The zero-order valence-electron chi connectivity index (χ0n) is 16.2. The first kappa shape index (κ1) is 19.2. The van der Waals surface area contributed by atoms with E-state index in [2.05, 4.69) is 36.2 Å². The van der Waals surface area contributed by atoms with Gasteiger partial charge >= 0.3 is 0 Å². The molecule has 0 radical (unpaired) electrons. The summed E-state index contributed by atoms with van der Waals surface area (Å²) in [6.07, 6.45) is 0.473.